The van der Waals surface area contributed by atoms with Gasteiger partial charge in [-0.15, -0.1) is 0 Å². The Bertz CT molecular complexity index is 719. The number of nitrogens with one attached hydrogen (secondary N) is 3. The molecule has 0 aliphatic rings. The number of carbonyl (C=O) groups is 6. The molecule has 13 nitrogen and oxygen atoms in total. The van der Waals surface area contributed by atoms with E-state index in [9.17, 15) is 33.9 Å². The number of thiol groups is 1. The van der Waals surface area contributed by atoms with E-state index in [1.165, 1.54) is 0 Å². The third-order valence-corrected chi connectivity index (χ3v) is 4.97. The highest BCUT2D eigenvalue weighted by atomic mass is 32.1. The zero-order chi connectivity index (χ0) is 25.0. The van der Waals surface area contributed by atoms with Gasteiger partial charge in [0.05, 0.1) is 12.5 Å². The Morgan fingerprint density at radius 2 is 1.41 bits per heavy atom. The number of aliphatic carboxylic acids is 3. The molecule has 8 N–H and O–H groups in total. The molecule has 0 bridgehead atoms. The molecular weight excluding hydrogens is 448 g/mol. The lowest BCUT2D eigenvalue weighted by molar-refractivity contribution is -0.143. The van der Waals surface area contributed by atoms with Gasteiger partial charge in [-0.1, -0.05) is 20.3 Å². The van der Waals surface area contributed by atoms with Crippen LogP contribution in [0.4, 0.5) is 0 Å². The molecular formula is C18H30N4O9S. The van der Waals surface area contributed by atoms with Crippen molar-refractivity contribution in [2.75, 3.05) is 5.75 Å². The minimum Gasteiger partial charge on any atom is -0.481 e. The Hall–Kier alpha value is -2.87. The lowest BCUT2D eigenvalue weighted by Gasteiger charge is -2.25. The summed E-state index contributed by atoms with van der Waals surface area (Å²) in [7, 11) is 0. The number of carboxylic acid groups (broad SMARTS) is 3. The number of nitrogens with two attached hydrogens (primary N) is 1. The maximum absolute atomic E-state index is 12.6. The number of carbonyl (C=O) groups excluding carboxylic acids is 3. The Labute approximate surface area is 189 Å². The van der Waals surface area contributed by atoms with E-state index in [0.717, 1.165) is 0 Å². The number of hydrogen-bond acceptors (Lipinski definition) is 8. The van der Waals surface area contributed by atoms with Gasteiger partial charge in [0.15, 0.2) is 0 Å². The van der Waals surface area contributed by atoms with Crippen LogP contribution in [0, 0.1) is 5.92 Å². The minimum atomic E-state index is -1.48. The molecule has 0 aromatic heterocycles. The van der Waals surface area contributed by atoms with E-state index < -0.39 is 78.6 Å². The van der Waals surface area contributed by atoms with Crippen molar-refractivity contribution in [3.05, 3.63) is 0 Å². The Kier molecular flexibility index (Phi) is 13.0. The van der Waals surface area contributed by atoms with Crippen molar-refractivity contribution in [1.29, 1.82) is 0 Å². The highest BCUT2D eigenvalue weighted by molar-refractivity contribution is 7.80. The predicted molar refractivity (Wildman–Crippen MR) is 114 cm³/mol. The number of hydrogen-bond donors (Lipinski definition) is 8. The van der Waals surface area contributed by atoms with Crippen LogP contribution < -0.4 is 21.7 Å². The van der Waals surface area contributed by atoms with Crippen molar-refractivity contribution in [3.8, 4) is 0 Å². The van der Waals surface area contributed by atoms with Gasteiger partial charge >= 0.3 is 17.9 Å². The average Bonchev–Trinajstić information content (AvgIpc) is 2.70. The van der Waals surface area contributed by atoms with Gasteiger partial charge in [-0.25, -0.2) is 4.79 Å². The van der Waals surface area contributed by atoms with Crippen LogP contribution in [-0.4, -0.2) is 80.9 Å². The van der Waals surface area contributed by atoms with E-state index in [0.29, 0.717) is 6.42 Å². The van der Waals surface area contributed by atoms with Gasteiger partial charge in [-0.05, 0) is 12.3 Å². The second-order valence-electron chi connectivity index (χ2n) is 7.15. The molecule has 0 heterocycles. The van der Waals surface area contributed by atoms with Crippen molar-refractivity contribution in [2.45, 2.75) is 63.7 Å². The molecule has 0 spiro atoms. The summed E-state index contributed by atoms with van der Waals surface area (Å²) in [6, 6.07) is -5.40. The number of rotatable bonds is 15. The lowest BCUT2D eigenvalue weighted by Crippen LogP contribution is -2.58. The van der Waals surface area contributed by atoms with Crippen LogP contribution in [-0.2, 0) is 28.8 Å². The van der Waals surface area contributed by atoms with Gasteiger partial charge in [-0.3, -0.25) is 24.0 Å². The molecule has 0 rings (SSSR count). The van der Waals surface area contributed by atoms with Crippen LogP contribution in [0.5, 0.6) is 0 Å². The molecule has 0 radical (unpaired) electrons. The van der Waals surface area contributed by atoms with E-state index in [2.05, 4.69) is 28.6 Å². The zero-order valence-corrected chi connectivity index (χ0v) is 18.6. The maximum atomic E-state index is 12.6. The standard InChI is InChI=1S/C18H30N4O9S/c1-3-8(2)14(18(30)31)22-17(29)11(7-32)21-16(28)10(4-5-12(23)24)20-15(27)9(19)6-13(25)26/h8-11,14,32H,3-7,19H2,1-2H3,(H,20,27)(H,21,28)(H,22,29)(H,23,24)(H,25,26)(H,30,31). The Balaban J connectivity index is 5.36. The molecule has 14 heteroatoms. The van der Waals surface area contributed by atoms with Crippen molar-refractivity contribution in [1.82, 2.24) is 16.0 Å². The minimum absolute atomic E-state index is 0.220. The van der Waals surface area contributed by atoms with E-state index in [1.807, 2.05) is 0 Å². The van der Waals surface area contributed by atoms with Gasteiger partial charge < -0.3 is 37.0 Å². The smallest absolute Gasteiger partial charge is 0.326 e. The molecule has 0 aliphatic heterocycles. The Morgan fingerprint density at radius 3 is 1.84 bits per heavy atom. The van der Waals surface area contributed by atoms with Crippen molar-refractivity contribution >= 4 is 48.3 Å². The van der Waals surface area contributed by atoms with Gasteiger partial charge in [0.25, 0.3) is 0 Å². The maximum Gasteiger partial charge on any atom is 0.326 e. The summed E-state index contributed by atoms with van der Waals surface area (Å²) in [6.45, 7) is 3.38. The highest BCUT2D eigenvalue weighted by Crippen LogP contribution is 2.09. The van der Waals surface area contributed by atoms with E-state index >= 15 is 0 Å². The monoisotopic (exact) mass is 478 g/mol. The SMILES string of the molecule is CCC(C)C(NC(=O)C(CS)NC(=O)C(CCC(=O)O)NC(=O)C(N)CC(=O)O)C(=O)O. The second-order valence-corrected chi connectivity index (χ2v) is 7.52. The van der Waals surface area contributed by atoms with Gasteiger partial charge in [0.2, 0.25) is 17.7 Å². The summed E-state index contributed by atoms with van der Waals surface area (Å²) in [5, 5.41) is 33.7. The summed E-state index contributed by atoms with van der Waals surface area (Å²) in [5.41, 5.74) is 5.45. The fourth-order valence-corrected chi connectivity index (χ4v) is 2.76. The van der Waals surface area contributed by atoms with E-state index in [4.69, 9.17) is 15.9 Å². The number of amides is 3. The molecule has 0 aliphatic carbocycles. The highest BCUT2D eigenvalue weighted by Gasteiger charge is 2.31. The van der Waals surface area contributed by atoms with Gasteiger partial charge in [-0.2, -0.15) is 12.6 Å². The van der Waals surface area contributed by atoms with E-state index in [1.54, 1.807) is 13.8 Å². The predicted octanol–water partition coefficient (Wildman–Crippen LogP) is -1.83. The first-order chi connectivity index (χ1) is 14.8. The second kappa shape index (κ2) is 14.2. The molecule has 5 unspecified atom stereocenters. The topological polar surface area (TPSA) is 225 Å². The number of carboxylic acids is 3. The first-order valence-corrected chi connectivity index (χ1v) is 10.4. The van der Waals surface area contributed by atoms with Crippen LogP contribution in [0.1, 0.15) is 39.5 Å². The molecule has 0 saturated heterocycles. The van der Waals surface area contributed by atoms with Crippen molar-refractivity contribution < 1.29 is 44.1 Å². The first kappa shape index (κ1) is 29.1. The molecule has 3 amide bonds. The summed E-state index contributed by atoms with van der Waals surface area (Å²) in [5.74, 6) is -7.23. The summed E-state index contributed by atoms with van der Waals surface area (Å²) in [6.07, 6.45) is -1.13. The van der Waals surface area contributed by atoms with Crippen LogP contribution in [0.3, 0.4) is 0 Å². The van der Waals surface area contributed by atoms with Crippen LogP contribution >= 0.6 is 12.6 Å². The average molecular weight is 479 g/mol. The summed E-state index contributed by atoms with van der Waals surface area (Å²) >= 11 is 3.98. The van der Waals surface area contributed by atoms with Crippen LogP contribution in [0.25, 0.3) is 0 Å². The van der Waals surface area contributed by atoms with Crippen LogP contribution in [0.2, 0.25) is 0 Å². The third kappa shape index (κ3) is 10.4. The molecule has 0 fully saturated rings. The van der Waals surface area contributed by atoms with Gasteiger partial charge in [0, 0.05) is 12.2 Å². The van der Waals surface area contributed by atoms with Crippen molar-refractivity contribution in [2.24, 2.45) is 11.7 Å². The fraction of sp³-hybridized carbons (Fsp3) is 0.667. The molecule has 32 heavy (non-hydrogen) atoms. The third-order valence-electron chi connectivity index (χ3n) is 4.60. The molecule has 0 aromatic carbocycles. The van der Waals surface area contributed by atoms with Gasteiger partial charge in [0.1, 0.15) is 18.1 Å². The van der Waals surface area contributed by atoms with Crippen LogP contribution in [0.15, 0.2) is 0 Å². The first-order valence-electron chi connectivity index (χ1n) is 9.77. The Morgan fingerprint density at radius 1 is 0.875 bits per heavy atom. The fourth-order valence-electron chi connectivity index (χ4n) is 2.50. The molecule has 0 saturated carbocycles. The quantitative estimate of drug-likeness (QED) is 0.123. The summed E-state index contributed by atoms with van der Waals surface area (Å²) in [4.78, 5) is 70.2. The van der Waals surface area contributed by atoms with E-state index in [-0.39, 0.29) is 12.2 Å². The normalized spacial score (nSPS) is 15.4. The molecule has 0 aromatic rings. The summed E-state index contributed by atoms with van der Waals surface area (Å²) < 4.78 is 0. The largest absolute Gasteiger partial charge is 0.481 e. The lowest BCUT2D eigenvalue weighted by atomic mass is 9.99. The molecule has 5 atom stereocenters. The van der Waals surface area contributed by atoms with Crippen molar-refractivity contribution in [3.63, 3.8) is 0 Å². The zero-order valence-electron chi connectivity index (χ0n) is 17.7. The molecule has 182 valence electrons.